The van der Waals surface area contributed by atoms with Crippen molar-refractivity contribution in [2.45, 2.75) is 70.6 Å². The van der Waals surface area contributed by atoms with Gasteiger partial charge in [0.15, 0.2) is 0 Å². The molecule has 0 atom stereocenters. The predicted molar refractivity (Wildman–Crippen MR) is 103 cm³/mol. The fourth-order valence-electron chi connectivity index (χ4n) is 2.65. The molecule has 25 heavy (non-hydrogen) atoms. The molecule has 0 aromatic heterocycles. The highest BCUT2D eigenvalue weighted by molar-refractivity contribution is 7.89. The molecule has 1 aromatic rings. The number of amides is 1. The van der Waals surface area contributed by atoms with E-state index in [0.29, 0.717) is 25.2 Å². The van der Waals surface area contributed by atoms with Gasteiger partial charge in [0, 0.05) is 25.2 Å². The highest BCUT2D eigenvalue weighted by atomic mass is 32.2. The Bertz CT molecular complexity index is 606. The zero-order valence-corrected chi connectivity index (χ0v) is 16.6. The van der Waals surface area contributed by atoms with Gasteiger partial charge in [0.2, 0.25) is 15.9 Å². The predicted octanol–water partition coefficient (Wildman–Crippen LogP) is 4.41. The molecule has 0 aliphatic carbocycles. The molecule has 0 spiro atoms. The molecular weight excluding hydrogens is 336 g/mol. The lowest BCUT2D eigenvalue weighted by atomic mass is 10.1. The van der Waals surface area contributed by atoms with E-state index >= 15 is 0 Å². The van der Waals surface area contributed by atoms with Crippen molar-refractivity contribution in [3.05, 3.63) is 24.3 Å². The van der Waals surface area contributed by atoms with Crippen LogP contribution in [0.15, 0.2) is 29.2 Å². The highest BCUT2D eigenvalue weighted by Crippen LogP contribution is 2.19. The SMILES string of the molecule is CCCCCCC(=O)Nc1ccc(S(=O)(=O)N(CCC)CCC)cc1. The normalized spacial score (nSPS) is 11.7. The largest absolute Gasteiger partial charge is 0.326 e. The minimum Gasteiger partial charge on any atom is -0.326 e. The average molecular weight is 369 g/mol. The molecular formula is C19H32N2O3S. The van der Waals surface area contributed by atoms with Crippen LogP contribution >= 0.6 is 0 Å². The molecule has 0 aliphatic rings. The van der Waals surface area contributed by atoms with Gasteiger partial charge in [-0.15, -0.1) is 0 Å². The maximum Gasteiger partial charge on any atom is 0.243 e. The number of carbonyl (C=O) groups is 1. The van der Waals surface area contributed by atoms with Crippen molar-refractivity contribution in [1.29, 1.82) is 0 Å². The molecule has 5 nitrogen and oxygen atoms in total. The van der Waals surface area contributed by atoms with Gasteiger partial charge >= 0.3 is 0 Å². The Kier molecular flexibility index (Phi) is 9.75. The molecule has 1 rings (SSSR count). The summed E-state index contributed by atoms with van der Waals surface area (Å²) in [4.78, 5) is 12.2. The van der Waals surface area contributed by atoms with E-state index in [1.807, 2.05) is 13.8 Å². The molecule has 0 saturated heterocycles. The van der Waals surface area contributed by atoms with Crippen molar-refractivity contribution in [2.75, 3.05) is 18.4 Å². The second-order valence-corrected chi connectivity index (χ2v) is 8.23. The van der Waals surface area contributed by atoms with E-state index in [0.717, 1.165) is 38.5 Å². The molecule has 1 N–H and O–H groups in total. The monoisotopic (exact) mass is 368 g/mol. The number of rotatable bonds is 12. The van der Waals surface area contributed by atoms with Crippen LogP contribution < -0.4 is 5.32 Å². The van der Waals surface area contributed by atoms with E-state index in [-0.39, 0.29) is 10.8 Å². The van der Waals surface area contributed by atoms with Gasteiger partial charge in [0.1, 0.15) is 0 Å². The summed E-state index contributed by atoms with van der Waals surface area (Å²) in [6, 6.07) is 6.46. The number of hydrogen-bond acceptors (Lipinski definition) is 3. The molecule has 142 valence electrons. The molecule has 1 amide bonds. The van der Waals surface area contributed by atoms with Gasteiger partial charge in [0.25, 0.3) is 0 Å². The second kappa shape index (κ2) is 11.3. The molecule has 0 radical (unpaired) electrons. The third-order valence-corrected chi connectivity index (χ3v) is 5.89. The lowest BCUT2D eigenvalue weighted by Gasteiger charge is -2.21. The van der Waals surface area contributed by atoms with Crippen molar-refractivity contribution in [2.24, 2.45) is 0 Å². The number of hydrogen-bond donors (Lipinski definition) is 1. The number of nitrogens with one attached hydrogen (secondary N) is 1. The van der Waals surface area contributed by atoms with Crippen molar-refractivity contribution < 1.29 is 13.2 Å². The molecule has 0 aliphatic heterocycles. The Morgan fingerprint density at radius 1 is 0.920 bits per heavy atom. The summed E-state index contributed by atoms with van der Waals surface area (Å²) in [5.41, 5.74) is 0.636. The number of anilines is 1. The quantitative estimate of drug-likeness (QED) is 0.556. The number of sulfonamides is 1. The van der Waals surface area contributed by atoms with Gasteiger partial charge in [0.05, 0.1) is 4.90 Å². The van der Waals surface area contributed by atoms with E-state index in [1.165, 1.54) is 4.31 Å². The summed E-state index contributed by atoms with van der Waals surface area (Å²) in [5.74, 6) is -0.0229. The minimum atomic E-state index is -3.47. The first-order chi connectivity index (χ1) is 12.0. The third kappa shape index (κ3) is 7.16. The number of unbranched alkanes of at least 4 members (excludes halogenated alkanes) is 3. The fourth-order valence-corrected chi connectivity index (χ4v) is 4.27. The molecule has 0 heterocycles. The number of benzene rings is 1. The fraction of sp³-hybridized carbons (Fsp3) is 0.632. The first-order valence-electron chi connectivity index (χ1n) is 9.35. The van der Waals surface area contributed by atoms with E-state index < -0.39 is 10.0 Å². The molecule has 0 bridgehead atoms. The van der Waals surface area contributed by atoms with Crippen LogP contribution in [0.25, 0.3) is 0 Å². The van der Waals surface area contributed by atoms with Crippen molar-refractivity contribution in [3.63, 3.8) is 0 Å². The Labute approximate surface area is 152 Å². The van der Waals surface area contributed by atoms with Crippen LogP contribution in [0.3, 0.4) is 0 Å². The zero-order chi connectivity index (χ0) is 18.7. The van der Waals surface area contributed by atoms with Crippen LogP contribution in [-0.2, 0) is 14.8 Å². The van der Waals surface area contributed by atoms with Crippen molar-refractivity contribution >= 4 is 21.6 Å². The van der Waals surface area contributed by atoms with Gasteiger partial charge in [-0.25, -0.2) is 8.42 Å². The van der Waals surface area contributed by atoms with Crippen LogP contribution in [0, 0.1) is 0 Å². The molecule has 0 unspecified atom stereocenters. The minimum absolute atomic E-state index is 0.0229. The van der Waals surface area contributed by atoms with Gasteiger partial charge in [-0.2, -0.15) is 4.31 Å². The van der Waals surface area contributed by atoms with Gasteiger partial charge < -0.3 is 5.32 Å². The maximum atomic E-state index is 12.7. The Balaban J connectivity index is 2.69. The summed E-state index contributed by atoms with van der Waals surface area (Å²) in [5, 5.41) is 2.83. The number of carbonyl (C=O) groups excluding carboxylic acids is 1. The first-order valence-corrected chi connectivity index (χ1v) is 10.8. The van der Waals surface area contributed by atoms with Gasteiger partial charge in [-0.1, -0.05) is 40.0 Å². The smallest absolute Gasteiger partial charge is 0.243 e. The summed E-state index contributed by atoms with van der Waals surface area (Å²) in [6.45, 7) is 7.12. The Morgan fingerprint density at radius 3 is 2.04 bits per heavy atom. The van der Waals surface area contributed by atoms with Crippen LogP contribution in [0.4, 0.5) is 5.69 Å². The first kappa shape index (κ1) is 21.6. The standard InChI is InChI=1S/C19H32N2O3S/c1-4-7-8-9-10-19(22)20-17-11-13-18(14-12-17)25(23,24)21(15-5-2)16-6-3/h11-14H,4-10,15-16H2,1-3H3,(H,20,22). The molecule has 0 saturated carbocycles. The summed E-state index contributed by atoms with van der Waals surface area (Å²) >= 11 is 0. The van der Waals surface area contributed by atoms with E-state index in [9.17, 15) is 13.2 Å². The van der Waals surface area contributed by atoms with Gasteiger partial charge in [-0.3, -0.25) is 4.79 Å². The van der Waals surface area contributed by atoms with Crippen LogP contribution in [0.2, 0.25) is 0 Å². The molecule has 0 fully saturated rings. The summed E-state index contributed by atoms with van der Waals surface area (Å²) < 4.78 is 26.9. The van der Waals surface area contributed by atoms with E-state index in [4.69, 9.17) is 0 Å². The summed E-state index contributed by atoms with van der Waals surface area (Å²) in [7, 11) is -3.47. The zero-order valence-electron chi connectivity index (χ0n) is 15.8. The molecule has 6 heteroatoms. The lowest BCUT2D eigenvalue weighted by Crippen LogP contribution is -2.32. The van der Waals surface area contributed by atoms with E-state index in [2.05, 4.69) is 12.2 Å². The highest BCUT2D eigenvalue weighted by Gasteiger charge is 2.22. The van der Waals surface area contributed by atoms with Crippen molar-refractivity contribution in [3.8, 4) is 0 Å². The molecule has 1 aromatic carbocycles. The van der Waals surface area contributed by atoms with Crippen LogP contribution in [0.1, 0.15) is 65.7 Å². The maximum absolute atomic E-state index is 12.7. The lowest BCUT2D eigenvalue weighted by molar-refractivity contribution is -0.116. The average Bonchev–Trinajstić information content (AvgIpc) is 2.59. The second-order valence-electron chi connectivity index (χ2n) is 6.29. The van der Waals surface area contributed by atoms with Crippen LogP contribution in [0.5, 0.6) is 0 Å². The summed E-state index contributed by atoms with van der Waals surface area (Å²) in [6.07, 6.45) is 6.30. The topological polar surface area (TPSA) is 66.5 Å². The van der Waals surface area contributed by atoms with Crippen molar-refractivity contribution in [1.82, 2.24) is 4.31 Å². The third-order valence-electron chi connectivity index (χ3n) is 3.98. The van der Waals surface area contributed by atoms with Crippen LogP contribution in [-0.4, -0.2) is 31.7 Å². The van der Waals surface area contributed by atoms with Gasteiger partial charge in [-0.05, 0) is 43.5 Å². The Morgan fingerprint density at radius 2 is 1.52 bits per heavy atom. The Hall–Kier alpha value is -1.40. The number of nitrogens with zero attached hydrogens (tertiary/aromatic N) is 1. The van der Waals surface area contributed by atoms with E-state index in [1.54, 1.807) is 24.3 Å².